The number of ether oxygens (including phenoxy) is 1. The van der Waals surface area contributed by atoms with Gasteiger partial charge in [-0.05, 0) is 50.7 Å². The number of carboxylic acid groups (broad SMARTS) is 1. The maximum atomic E-state index is 12.6. The Kier molecular flexibility index (Phi) is 4.28. The summed E-state index contributed by atoms with van der Waals surface area (Å²) in [6.45, 7) is 4.56. The summed E-state index contributed by atoms with van der Waals surface area (Å²) in [7, 11) is 0. The lowest BCUT2D eigenvalue weighted by Gasteiger charge is -2.22. The zero-order chi connectivity index (χ0) is 16.6. The molecule has 3 atom stereocenters. The second-order valence-corrected chi connectivity index (χ2v) is 6.76. The second kappa shape index (κ2) is 6.22. The van der Waals surface area contributed by atoms with E-state index in [-0.39, 0.29) is 11.8 Å². The molecular weight excluding hydrogens is 294 g/mol. The minimum atomic E-state index is -0.788. The predicted octanol–water partition coefficient (Wildman–Crippen LogP) is 2.33. The highest BCUT2D eigenvalue weighted by Gasteiger charge is 2.47. The zero-order valence-corrected chi connectivity index (χ0v) is 13.6. The fraction of sp³-hybridized carbons (Fsp3) is 0.556. The molecule has 23 heavy (non-hydrogen) atoms. The summed E-state index contributed by atoms with van der Waals surface area (Å²) in [6, 6.07) is 7.56. The van der Waals surface area contributed by atoms with Crippen LogP contribution in [0.3, 0.4) is 0 Å². The first kappa shape index (κ1) is 15.8. The molecule has 0 radical (unpaired) electrons. The summed E-state index contributed by atoms with van der Waals surface area (Å²) in [4.78, 5) is 25.7. The van der Waals surface area contributed by atoms with Crippen molar-refractivity contribution in [2.45, 2.75) is 32.8 Å². The number of carbonyl (C=O) groups is 2. The minimum absolute atomic E-state index is 0.100. The second-order valence-electron chi connectivity index (χ2n) is 6.76. The maximum absolute atomic E-state index is 12.6. The number of rotatable bonds is 5. The molecule has 5 nitrogen and oxygen atoms in total. The topological polar surface area (TPSA) is 66.8 Å². The summed E-state index contributed by atoms with van der Waals surface area (Å²) in [6.07, 6.45) is 1.57. The molecule has 1 aliphatic heterocycles. The highest BCUT2D eigenvalue weighted by Crippen LogP contribution is 2.44. The first-order valence-corrected chi connectivity index (χ1v) is 8.20. The van der Waals surface area contributed by atoms with E-state index in [1.807, 2.05) is 31.2 Å². The summed E-state index contributed by atoms with van der Waals surface area (Å²) >= 11 is 0. The Morgan fingerprint density at radius 2 is 1.87 bits per heavy atom. The van der Waals surface area contributed by atoms with Gasteiger partial charge in [-0.1, -0.05) is 17.7 Å². The van der Waals surface area contributed by atoms with Crippen LogP contribution in [0.25, 0.3) is 0 Å². The number of aliphatic carboxylic acids is 1. The number of nitrogens with zero attached hydrogens (tertiary/aromatic N) is 1. The number of likely N-dealkylation sites (tertiary alicyclic amines) is 1. The Balaban J connectivity index is 1.63. The molecule has 5 heteroatoms. The van der Waals surface area contributed by atoms with Crippen molar-refractivity contribution in [1.82, 2.24) is 4.90 Å². The van der Waals surface area contributed by atoms with E-state index >= 15 is 0 Å². The van der Waals surface area contributed by atoms with Gasteiger partial charge in [0.05, 0.1) is 5.92 Å². The van der Waals surface area contributed by atoms with E-state index in [1.54, 1.807) is 11.8 Å². The SMILES string of the molecule is Cc1ccc(OC(C)C(=O)N2C[C@H](C(=O)O)[C@@H](C3CC3)C2)cc1. The molecule has 124 valence electrons. The van der Waals surface area contributed by atoms with Gasteiger partial charge < -0.3 is 14.7 Å². The lowest BCUT2D eigenvalue weighted by Crippen LogP contribution is -2.39. The molecule has 1 saturated carbocycles. The van der Waals surface area contributed by atoms with Gasteiger partial charge in [-0.2, -0.15) is 0 Å². The summed E-state index contributed by atoms with van der Waals surface area (Å²) in [5.41, 5.74) is 1.13. The van der Waals surface area contributed by atoms with Crippen LogP contribution in [0.4, 0.5) is 0 Å². The predicted molar refractivity (Wildman–Crippen MR) is 85.2 cm³/mol. The van der Waals surface area contributed by atoms with Gasteiger partial charge in [0.2, 0.25) is 0 Å². The largest absolute Gasteiger partial charge is 0.481 e. The fourth-order valence-electron chi connectivity index (χ4n) is 3.40. The Labute approximate surface area is 136 Å². The smallest absolute Gasteiger partial charge is 0.308 e. The zero-order valence-electron chi connectivity index (χ0n) is 13.6. The van der Waals surface area contributed by atoms with Crippen molar-refractivity contribution in [2.24, 2.45) is 17.8 Å². The van der Waals surface area contributed by atoms with E-state index in [9.17, 15) is 14.7 Å². The number of carboxylic acids is 1. The molecule has 2 fully saturated rings. The van der Waals surface area contributed by atoms with Crippen molar-refractivity contribution in [2.75, 3.05) is 13.1 Å². The molecular formula is C18H23NO4. The monoisotopic (exact) mass is 317 g/mol. The highest BCUT2D eigenvalue weighted by molar-refractivity contribution is 5.82. The molecule has 3 rings (SSSR count). The third kappa shape index (κ3) is 3.49. The molecule has 1 aromatic carbocycles. The van der Waals surface area contributed by atoms with Crippen LogP contribution < -0.4 is 4.74 Å². The summed E-state index contributed by atoms with van der Waals surface area (Å²) in [5, 5.41) is 9.39. The molecule has 1 unspecified atom stereocenters. The van der Waals surface area contributed by atoms with Crippen LogP contribution in [0.5, 0.6) is 5.75 Å². The van der Waals surface area contributed by atoms with Gasteiger partial charge in [0, 0.05) is 13.1 Å². The number of carbonyl (C=O) groups excluding carboxylic acids is 1. The number of amides is 1. The van der Waals surface area contributed by atoms with Crippen LogP contribution in [0, 0.1) is 24.7 Å². The van der Waals surface area contributed by atoms with Crippen molar-refractivity contribution in [3.8, 4) is 5.75 Å². The molecule has 1 aliphatic carbocycles. The van der Waals surface area contributed by atoms with Crippen molar-refractivity contribution < 1.29 is 19.4 Å². The Morgan fingerprint density at radius 1 is 1.22 bits per heavy atom. The van der Waals surface area contributed by atoms with Gasteiger partial charge in [-0.3, -0.25) is 9.59 Å². The maximum Gasteiger partial charge on any atom is 0.308 e. The Hall–Kier alpha value is -2.04. The standard InChI is InChI=1S/C18H23NO4/c1-11-3-7-14(8-4-11)23-12(2)17(20)19-9-15(13-5-6-13)16(10-19)18(21)22/h3-4,7-8,12-13,15-16H,5-6,9-10H2,1-2H3,(H,21,22)/t12?,15-,16+/m1/s1. The number of aryl methyl sites for hydroxylation is 1. The van der Waals surface area contributed by atoms with E-state index in [0.717, 1.165) is 18.4 Å². The third-order valence-electron chi connectivity index (χ3n) is 4.90. The fourth-order valence-corrected chi connectivity index (χ4v) is 3.40. The molecule has 1 N–H and O–H groups in total. The minimum Gasteiger partial charge on any atom is -0.481 e. The third-order valence-corrected chi connectivity index (χ3v) is 4.90. The van der Waals surface area contributed by atoms with E-state index in [4.69, 9.17) is 4.74 Å². The van der Waals surface area contributed by atoms with Gasteiger partial charge in [-0.15, -0.1) is 0 Å². The lowest BCUT2D eigenvalue weighted by atomic mass is 9.92. The van der Waals surface area contributed by atoms with Gasteiger partial charge in [0.1, 0.15) is 5.75 Å². The van der Waals surface area contributed by atoms with Gasteiger partial charge in [0.25, 0.3) is 5.91 Å². The average Bonchev–Trinajstić information content (AvgIpc) is 3.27. The van der Waals surface area contributed by atoms with Crippen LogP contribution in [0.2, 0.25) is 0 Å². The molecule has 2 aliphatic rings. The van der Waals surface area contributed by atoms with E-state index in [0.29, 0.717) is 24.8 Å². The highest BCUT2D eigenvalue weighted by atomic mass is 16.5. The van der Waals surface area contributed by atoms with Crippen LogP contribution in [0.1, 0.15) is 25.3 Å². The van der Waals surface area contributed by atoms with Crippen molar-refractivity contribution >= 4 is 11.9 Å². The molecule has 1 heterocycles. The van der Waals surface area contributed by atoms with E-state index in [1.165, 1.54) is 0 Å². The summed E-state index contributed by atoms with van der Waals surface area (Å²) < 4.78 is 5.71. The molecule has 0 spiro atoms. The van der Waals surface area contributed by atoms with Crippen molar-refractivity contribution in [1.29, 1.82) is 0 Å². The Bertz CT molecular complexity index is 594. The Morgan fingerprint density at radius 3 is 2.43 bits per heavy atom. The van der Waals surface area contributed by atoms with Crippen molar-refractivity contribution in [3.05, 3.63) is 29.8 Å². The number of hydrogen-bond acceptors (Lipinski definition) is 3. The molecule has 1 saturated heterocycles. The quantitative estimate of drug-likeness (QED) is 0.905. The molecule has 0 bridgehead atoms. The van der Waals surface area contributed by atoms with E-state index in [2.05, 4.69) is 0 Å². The normalized spacial score (nSPS) is 25.2. The van der Waals surface area contributed by atoms with Crippen LogP contribution in [-0.4, -0.2) is 41.1 Å². The van der Waals surface area contributed by atoms with Crippen LogP contribution in [-0.2, 0) is 9.59 Å². The van der Waals surface area contributed by atoms with E-state index < -0.39 is 18.0 Å². The van der Waals surface area contributed by atoms with Gasteiger partial charge >= 0.3 is 5.97 Å². The lowest BCUT2D eigenvalue weighted by molar-refractivity contribution is -0.143. The number of benzene rings is 1. The molecule has 1 aromatic rings. The average molecular weight is 317 g/mol. The summed E-state index contributed by atoms with van der Waals surface area (Å²) in [5.74, 6) is -0.114. The van der Waals surface area contributed by atoms with Crippen LogP contribution in [0.15, 0.2) is 24.3 Å². The van der Waals surface area contributed by atoms with Crippen molar-refractivity contribution in [3.63, 3.8) is 0 Å². The first-order valence-electron chi connectivity index (χ1n) is 8.20. The number of hydrogen-bond donors (Lipinski definition) is 1. The molecule has 0 aromatic heterocycles. The molecule has 1 amide bonds. The first-order chi connectivity index (χ1) is 11.0. The van der Waals surface area contributed by atoms with Gasteiger partial charge in [0.15, 0.2) is 6.10 Å². The van der Waals surface area contributed by atoms with Gasteiger partial charge in [-0.25, -0.2) is 0 Å². The van der Waals surface area contributed by atoms with Crippen LogP contribution >= 0.6 is 0 Å².